The van der Waals surface area contributed by atoms with Gasteiger partial charge in [-0.05, 0) is 5.56 Å². The zero-order chi connectivity index (χ0) is 11.1. The van der Waals surface area contributed by atoms with Gasteiger partial charge in [0.05, 0.1) is 6.61 Å². The first-order valence-electron chi connectivity index (χ1n) is 4.68. The van der Waals surface area contributed by atoms with Crippen LogP contribution >= 0.6 is 11.6 Å². The molecule has 4 heteroatoms. The van der Waals surface area contributed by atoms with Crippen LogP contribution < -0.4 is 5.32 Å². The molecular formula is C11H14ClNO2. The molecule has 0 spiro atoms. The molecule has 0 fully saturated rings. The number of amides is 1. The molecule has 0 aromatic heterocycles. The van der Waals surface area contributed by atoms with Crippen LogP contribution in [0.25, 0.3) is 0 Å². The Labute approximate surface area is 94.4 Å². The molecule has 0 aliphatic heterocycles. The first-order valence-corrected chi connectivity index (χ1v) is 5.12. The number of benzene rings is 1. The van der Waals surface area contributed by atoms with Crippen molar-refractivity contribution in [3.8, 4) is 0 Å². The molecule has 1 unspecified atom stereocenters. The van der Waals surface area contributed by atoms with E-state index in [-0.39, 0.29) is 12.5 Å². The second-order valence-corrected chi connectivity index (χ2v) is 3.65. The molecule has 0 aliphatic rings. The van der Waals surface area contributed by atoms with Crippen LogP contribution in [0.1, 0.15) is 5.56 Å². The number of alkyl halides is 1. The average molecular weight is 228 g/mol. The zero-order valence-corrected chi connectivity index (χ0v) is 9.33. The summed E-state index contributed by atoms with van der Waals surface area (Å²) >= 11 is 5.76. The van der Waals surface area contributed by atoms with E-state index in [2.05, 4.69) is 5.32 Å². The molecule has 0 saturated heterocycles. The second kappa shape index (κ2) is 6.43. The molecule has 0 heterocycles. The standard InChI is InChI=1S/C11H14ClNO2/c1-15-8-10(12)11(14)13-7-9-5-3-2-4-6-9/h2-6,10H,7-8H2,1H3,(H,13,14). The van der Waals surface area contributed by atoms with E-state index in [0.717, 1.165) is 5.56 Å². The topological polar surface area (TPSA) is 38.3 Å². The van der Waals surface area contributed by atoms with Crippen molar-refractivity contribution in [2.45, 2.75) is 11.9 Å². The number of methoxy groups -OCH3 is 1. The molecule has 1 atom stereocenters. The average Bonchev–Trinajstić information content (AvgIpc) is 2.27. The summed E-state index contributed by atoms with van der Waals surface area (Å²) in [7, 11) is 1.51. The smallest absolute Gasteiger partial charge is 0.240 e. The zero-order valence-electron chi connectivity index (χ0n) is 8.57. The highest BCUT2D eigenvalue weighted by Gasteiger charge is 2.13. The van der Waals surface area contributed by atoms with Gasteiger partial charge in [-0.1, -0.05) is 30.3 Å². The van der Waals surface area contributed by atoms with E-state index in [1.165, 1.54) is 7.11 Å². The second-order valence-electron chi connectivity index (χ2n) is 3.13. The molecule has 1 N–H and O–H groups in total. The molecule has 1 amide bonds. The Morgan fingerprint density at radius 2 is 2.13 bits per heavy atom. The van der Waals surface area contributed by atoms with Crippen LogP contribution in [0.4, 0.5) is 0 Å². The number of hydrogen-bond acceptors (Lipinski definition) is 2. The van der Waals surface area contributed by atoms with Crippen molar-refractivity contribution in [2.75, 3.05) is 13.7 Å². The van der Waals surface area contributed by atoms with Gasteiger partial charge >= 0.3 is 0 Å². The molecule has 82 valence electrons. The molecule has 0 radical (unpaired) electrons. The van der Waals surface area contributed by atoms with Crippen molar-refractivity contribution in [2.24, 2.45) is 0 Å². The van der Waals surface area contributed by atoms with Gasteiger partial charge in [-0.25, -0.2) is 0 Å². The minimum Gasteiger partial charge on any atom is -0.383 e. The van der Waals surface area contributed by atoms with Crippen molar-refractivity contribution < 1.29 is 9.53 Å². The molecule has 3 nitrogen and oxygen atoms in total. The minimum absolute atomic E-state index is 0.206. The maximum Gasteiger partial charge on any atom is 0.240 e. The number of halogens is 1. The van der Waals surface area contributed by atoms with Gasteiger partial charge in [0.1, 0.15) is 5.38 Å². The third-order valence-corrected chi connectivity index (χ3v) is 2.23. The molecule has 15 heavy (non-hydrogen) atoms. The summed E-state index contributed by atoms with van der Waals surface area (Å²) in [4.78, 5) is 11.4. The molecule has 1 aromatic carbocycles. The van der Waals surface area contributed by atoms with Gasteiger partial charge in [0.15, 0.2) is 0 Å². The van der Waals surface area contributed by atoms with E-state index in [4.69, 9.17) is 16.3 Å². The van der Waals surface area contributed by atoms with Crippen LogP contribution in [0.15, 0.2) is 30.3 Å². The Morgan fingerprint density at radius 3 is 2.73 bits per heavy atom. The molecule has 1 aromatic rings. The van der Waals surface area contributed by atoms with Gasteiger partial charge in [0.2, 0.25) is 5.91 Å². The van der Waals surface area contributed by atoms with E-state index in [1.807, 2.05) is 30.3 Å². The van der Waals surface area contributed by atoms with Gasteiger partial charge < -0.3 is 10.1 Å². The van der Waals surface area contributed by atoms with Gasteiger partial charge in [-0.15, -0.1) is 11.6 Å². The van der Waals surface area contributed by atoms with Crippen LogP contribution in [0.2, 0.25) is 0 Å². The highest BCUT2D eigenvalue weighted by atomic mass is 35.5. The van der Waals surface area contributed by atoms with E-state index in [9.17, 15) is 4.79 Å². The first kappa shape index (κ1) is 12.0. The van der Waals surface area contributed by atoms with E-state index in [1.54, 1.807) is 0 Å². The number of hydrogen-bond donors (Lipinski definition) is 1. The van der Waals surface area contributed by atoms with Crippen molar-refractivity contribution in [1.29, 1.82) is 0 Å². The Hall–Kier alpha value is -1.06. The lowest BCUT2D eigenvalue weighted by atomic mass is 10.2. The molecule has 0 bridgehead atoms. The summed E-state index contributed by atoms with van der Waals surface area (Å²) in [5.74, 6) is -0.206. The summed E-state index contributed by atoms with van der Waals surface area (Å²) in [6.45, 7) is 0.717. The summed E-state index contributed by atoms with van der Waals surface area (Å²) in [6, 6.07) is 9.67. The summed E-state index contributed by atoms with van der Waals surface area (Å²) in [5, 5.41) is 2.11. The molecular weight excluding hydrogens is 214 g/mol. The summed E-state index contributed by atoms with van der Waals surface area (Å²) in [6.07, 6.45) is 0. The third kappa shape index (κ3) is 4.32. The maximum absolute atomic E-state index is 11.4. The monoisotopic (exact) mass is 227 g/mol. The fourth-order valence-electron chi connectivity index (χ4n) is 1.12. The highest BCUT2D eigenvalue weighted by molar-refractivity contribution is 6.30. The first-order chi connectivity index (χ1) is 7.24. The van der Waals surface area contributed by atoms with Gasteiger partial charge in [0.25, 0.3) is 0 Å². The number of nitrogens with one attached hydrogen (secondary N) is 1. The molecule has 1 rings (SSSR count). The van der Waals surface area contributed by atoms with Crippen LogP contribution in [0.3, 0.4) is 0 Å². The van der Waals surface area contributed by atoms with Gasteiger partial charge in [-0.3, -0.25) is 4.79 Å². The summed E-state index contributed by atoms with van der Waals surface area (Å²) < 4.78 is 4.78. The number of carbonyl (C=O) groups excluding carboxylic acids is 1. The van der Waals surface area contributed by atoms with E-state index in [0.29, 0.717) is 6.54 Å². The number of carbonyl (C=O) groups is 1. The normalized spacial score (nSPS) is 12.1. The van der Waals surface area contributed by atoms with Crippen molar-refractivity contribution >= 4 is 17.5 Å². The highest BCUT2D eigenvalue weighted by Crippen LogP contribution is 2.00. The quantitative estimate of drug-likeness (QED) is 0.776. The Morgan fingerprint density at radius 1 is 1.47 bits per heavy atom. The van der Waals surface area contributed by atoms with Crippen molar-refractivity contribution in [1.82, 2.24) is 5.32 Å². The third-order valence-electron chi connectivity index (χ3n) is 1.91. The number of ether oxygens (including phenoxy) is 1. The fraction of sp³-hybridized carbons (Fsp3) is 0.364. The van der Waals surface area contributed by atoms with Crippen LogP contribution in [0, 0.1) is 0 Å². The largest absolute Gasteiger partial charge is 0.383 e. The molecule has 0 saturated carbocycles. The van der Waals surface area contributed by atoms with Crippen molar-refractivity contribution in [3.63, 3.8) is 0 Å². The van der Waals surface area contributed by atoms with Gasteiger partial charge in [0, 0.05) is 13.7 Å². The Balaban J connectivity index is 2.34. The summed E-state index contributed by atoms with van der Waals surface area (Å²) in [5.41, 5.74) is 1.05. The Bertz CT molecular complexity index is 303. The predicted octanol–water partition coefficient (Wildman–Crippen LogP) is 1.56. The maximum atomic E-state index is 11.4. The lowest BCUT2D eigenvalue weighted by molar-refractivity contribution is -0.121. The fourth-order valence-corrected chi connectivity index (χ4v) is 1.32. The molecule has 0 aliphatic carbocycles. The van der Waals surface area contributed by atoms with Crippen LogP contribution in [0.5, 0.6) is 0 Å². The Kier molecular flexibility index (Phi) is 5.15. The van der Waals surface area contributed by atoms with Crippen molar-refractivity contribution in [3.05, 3.63) is 35.9 Å². The van der Waals surface area contributed by atoms with E-state index >= 15 is 0 Å². The minimum atomic E-state index is -0.626. The van der Waals surface area contributed by atoms with Gasteiger partial charge in [-0.2, -0.15) is 0 Å². The predicted molar refractivity (Wildman–Crippen MR) is 59.8 cm³/mol. The lowest BCUT2D eigenvalue weighted by Crippen LogP contribution is -2.33. The SMILES string of the molecule is COCC(Cl)C(=O)NCc1ccccc1. The lowest BCUT2D eigenvalue weighted by Gasteiger charge is -2.09. The van der Waals surface area contributed by atoms with Crippen LogP contribution in [-0.2, 0) is 16.1 Å². The van der Waals surface area contributed by atoms with Crippen LogP contribution in [-0.4, -0.2) is 25.0 Å². The number of rotatable bonds is 5. The van der Waals surface area contributed by atoms with E-state index < -0.39 is 5.38 Å².